The van der Waals surface area contributed by atoms with Crippen molar-refractivity contribution in [2.45, 2.75) is 6.92 Å². The molecular weight excluding hydrogens is 308 g/mol. The molecule has 24 heavy (non-hydrogen) atoms. The maximum Gasteiger partial charge on any atom is 0.340 e. The lowest BCUT2D eigenvalue weighted by Gasteiger charge is -2.14. The number of hydrogen-bond acceptors (Lipinski definition) is 5. The molecule has 6 heteroatoms. The average Bonchev–Trinajstić information content (AvgIpc) is 2.59. The van der Waals surface area contributed by atoms with Gasteiger partial charge in [-0.05, 0) is 30.7 Å². The van der Waals surface area contributed by atoms with Crippen LogP contribution in [0.2, 0.25) is 0 Å². The van der Waals surface area contributed by atoms with Crippen LogP contribution in [-0.4, -0.2) is 32.6 Å². The lowest BCUT2D eigenvalue weighted by molar-refractivity contribution is -0.114. The first-order valence-corrected chi connectivity index (χ1v) is 7.41. The first-order chi connectivity index (χ1) is 11.6. The molecule has 0 heterocycles. The van der Waals surface area contributed by atoms with Gasteiger partial charge in [-0.1, -0.05) is 24.3 Å². The minimum atomic E-state index is -0.444. The zero-order valence-electron chi connectivity index (χ0n) is 13.9. The zero-order chi connectivity index (χ0) is 17.5. The Balaban J connectivity index is 2.07. The largest absolute Gasteiger partial charge is 0.495 e. The lowest BCUT2D eigenvalue weighted by Crippen LogP contribution is -2.23. The van der Waals surface area contributed by atoms with Crippen molar-refractivity contribution in [3.8, 4) is 5.75 Å². The fourth-order valence-corrected chi connectivity index (χ4v) is 2.31. The van der Waals surface area contributed by atoms with E-state index in [1.54, 1.807) is 25.3 Å². The van der Waals surface area contributed by atoms with E-state index in [9.17, 15) is 9.59 Å². The fraction of sp³-hybridized carbons (Fsp3) is 0.222. The maximum atomic E-state index is 12.1. The molecular formula is C18H20N2O4. The van der Waals surface area contributed by atoms with Crippen LogP contribution in [0.5, 0.6) is 5.75 Å². The predicted octanol–water partition coefficient (Wildman–Crippen LogP) is 2.84. The number of benzene rings is 2. The van der Waals surface area contributed by atoms with Crippen LogP contribution in [-0.2, 0) is 9.53 Å². The Hall–Kier alpha value is -3.02. The maximum absolute atomic E-state index is 12.1. The molecule has 0 saturated heterocycles. The normalized spacial score (nSPS) is 9.96. The molecule has 2 aromatic rings. The van der Waals surface area contributed by atoms with E-state index < -0.39 is 5.97 Å². The summed E-state index contributed by atoms with van der Waals surface area (Å²) in [5.41, 5.74) is 2.34. The third kappa shape index (κ3) is 4.04. The molecule has 0 fully saturated rings. The van der Waals surface area contributed by atoms with Crippen molar-refractivity contribution in [3.05, 3.63) is 53.6 Å². The van der Waals surface area contributed by atoms with Crippen LogP contribution in [0.1, 0.15) is 15.9 Å². The van der Waals surface area contributed by atoms with Crippen LogP contribution in [0.3, 0.4) is 0 Å². The number of para-hydroxylation sites is 2. The Morgan fingerprint density at radius 3 is 2.42 bits per heavy atom. The zero-order valence-corrected chi connectivity index (χ0v) is 13.9. The highest BCUT2D eigenvalue weighted by Gasteiger charge is 2.15. The van der Waals surface area contributed by atoms with E-state index in [0.717, 1.165) is 5.56 Å². The Bertz CT molecular complexity index is 744. The average molecular weight is 328 g/mol. The molecule has 2 aromatic carbocycles. The number of carbonyl (C=O) groups excluding carboxylic acids is 2. The number of aryl methyl sites for hydroxylation is 1. The van der Waals surface area contributed by atoms with Gasteiger partial charge in [-0.3, -0.25) is 4.79 Å². The van der Waals surface area contributed by atoms with Gasteiger partial charge in [-0.25, -0.2) is 4.79 Å². The van der Waals surface area contributed by atoms with Crippen LogP contribution >= 0.6 is 0 Å². The molecule has 0 aromatic heterocycles. The molecule has 0 spiro atoms. The van der Waals surface area contributed by atoms with Crippen molar-refractivity contribution >= 4 is 23.3 Å². The molecule has 6 nitrogen and oxygen atoms in total. The molecule has 0 saturated carbocycles. The number of ether oxygens (including phenoxy) is 2. The molecule has 0 atom stereocenters. The summed E-state index contributed by atoms with van der Waals surface area (Å²) in [5, 5.41) is 5.74. The Morgan fingerprint density at radius 2 is 1.71 bits per heavy atom. The van der Waals surface area contributed by atoms with Crippen LogP contribution in [0.25, 0.3) is 0 Å². The number of nitrogens with one attached hydrogen (secondary N) is 2. The van der Waals surface area contributed by atoms with Crippen molar-refractivity contribution in [3.63, 3.8) is 0 Å². The second-order valence-electron chi connectivity index (χ2n) is 5.09. The van der Waals surface area contributed by atoms with Crippen LogP contribution < -0.4 is 15.4 Å². The second-order valence-corrected chi connectivity index (χ2v) is 5.09. The summed E-state index contributed by atoms with van der Waals surface area (Å²) < 4.78 is 9.99. The van der Waals surface area contributed by atoms with Crippen LogP contribution in [0.15, 0.2) is 42.5 Å². The molecule has 0 aliphatic carbocycles. The minimum absolute atomic E-state index is 0.00545. The van der Waals surface area contributed by atoms with Gasteiger partial charge in [0.05, 0.1) is 32.0 Å². The standard InChI is InChI=1S/C18H20N2O4/c1-12-7-6-9-14(17(12)18(22)24-3)19-11-16(21)20-13-8-4-5-10-15(13)23-2/h4-10,19H,11H2,1-3H3,(H,20,21). The first-order valence-electron chi connectivity index (χ1n) is 7.41. The molecule has 126 valence electrons. The van der Waals surface area contributed by atoms with Gasteiger partial charge in [0.1, 0.15) is 5.75 Å². The van der Waals surface area contributed by atoms with E-state index in [2.05, 4.69) is 10.6 Å². The van der Waals surface area contributed by atoms with Gasteiger partial charge in [-0.2, -0.15) is 0 Å². The summed E-state index contributed by atoms with van der Waals surface area (Å²) in [6, 6.07) is 12.5. The van der Waals surface area contributed by atoms with Crippen molar-refractivity contribution in [1.29, 1.82) is 0 Å². The van der Waals surface area contributed by atoms with E-state index in [0.29, 0.717) is 22.7 Å². The molecule has 0 bridgehead atoms. The molecule has 2 N–H and O–H groups in total. The van der Waals surface area contributed by atoms with E-state index in [-0.39, 0.29) is 12.5 Å². The molecule has 2 rings (SSSR count). The number of carbonyl (C=O) groups is 2. The lowest BCUT2D eigenvalue weighted by atomic mass is 10.1. The van der Waals surface area contributed by atoms with Crippen LogP contribution in [0, 0.1) is 6.92 Å². The van der Waals surface area contributed by atoms with E-state index in [4.69, 9.17) is 9.47 Å². The van der Waals surface area contributed by atoms with Crippen LogP contribution in [0.4, 0.5) is 11.4 Å². The van der Waals surface area contributed by atoms with Gasteiger partial charge in [0.2, 0.25) is 5.91 Å². The quantitative estimate of drug-likeness (QED) is 0.798. The number of anilines is 2. The minimum Gasteiger partial charge on any atom is -0.495 e. The third-order valence-corrected chi connectivity index (χ3v) is 3.48. The molecule has 1 amide bonds. The topological polar surface area (TPSA) is 76.7 Å². The monoisotopic (exact) mass is 328 g/mol. The number of rotatable bonds is 6. The van der Waals surface area contributed by atoms with Crippen molar-refractivity contribution < 1.29 is 19.1 Å². The highest BCUT2D eigenvalue weighted by Crippen LogP contribution is 2.23. The Labute approximate surface area is 140 Å². The summed E-state index contributed by atoms with van der Waals surface area (Å²) in [5.74, 6) is -0.116. The fourth-order valence-electron chi connectivity index (χ4n) is 2.31. The predicted molar refractivity (Wildman–Crippen MR) is 92.6 cm³/mol. The molecule has 0 unspecified atom stereocenters. The Kier molecular flexibility index (Phi) is 5.78. The highest BCUT2D eigenvalue weighted by molar-refractivity contribution is 5.99. The molecule has 0 aliphatic heterocycles. The smallest absolute Gasteiger partial charge is 0.340 e. The van der Waals surface area contributed by atoms with Crippen molar-refractivity contribution in [2.75, 3.05) is 31.4 Å². The third-order valence-electron chi connectivity index (χ3n) is 3.48. The summed E-state index contributed by atoms with van der Waals surface area (Å²) in [4.78, 5) is 24.0. The van der Waals surface area contributed by atoms with Gasteiger partial charge in [0.25, 0.3) is 0 Å². The number of amides is 1. The number of hydrogen-bond donors (Lipinski definition) is 2. The highest BCUT2D eigenvalue weighted by atomic mass is 16.5. The Morgan fingerprint density at radius 1 is 1.00 bits per heavy atom. The summed E-state index contributed by atoms with van der Waals surface area (Å²) >= 11 is 0. The van der Waals surface area contributed by atoms with Gasteiger partial charge in [0, 0.05) is 5.69 Å². The van der Waals surface area contributed by atoms with E-state index >= 15 is 0 Å². The SMILES string of the molecule is COC(=O)c1c(C)cccc1NCC(=O)Nc1ccccc1OC. The van der Waals surface area contributed by atoms with Crippen molar-refractivity contribution in [1.82, 2.24) is 0 Å². The molecule has 0 radical (unpaired) electrons. The van der Waals surface area contributed by atoms with Gasteiger partial charge in [0.15, 0.2) is 0 Å². The summed E-state index contributed by atoms with van der Waals surface area (Å²) in [6.07, 6.45) is 0. The van der Waals surface area contributed by atoms with Gasteiger partial charge in [-0.15, -0.1) is 0 Å². The second kappa shape index (κ2) is 8.01. The van der Waals surface area contributed by atoms with E-state index in [1.165, 1.54) is 7.11 Å². The van der Waals surface area contributed by atoms with Crippen molar-refractivity contribution in [2.24, 2.45) is 0 Å². The van der Waals surface area contributed by atoms with E-state index in [1.807, 2.05) is 31.2 Å². The van der Waals surface area contributed by atoms with Gasteiger partial charge < -0.3 is 20.1 Å². The first kappa shape index (κ1) is 17.3. The summed E-state index contributed by atoms with van der Waals surface area (Å²) in [6.45, 7) is 1.82. The molecule has 0 aliphatic rings. The number of esters is 1. The number of methoxy groups -OCH3 is 2. The van der Waals surface area contributed by atoms with Gasteiger partial charge >= 0.3 is 5.97 Å². The summed E-state index contributed by atoms with van der Waals surface area (Å²) in [7, 11) is 2.87.